The number of carbonyl (C=O) groups is 1. The van der Waals surface area contributed by atoms with E-state index in [1.807, 2.05) is 44.2 Å². The third kappa shape index (κ3) is 4.65. The zero-order valence-electron chi connectivity index (χ0n) is 16.0. The van der Waals surface area contributed by atoms with Crippen molar-refractivity contribution in [2.75, 3.05) is 6.61 Å². The van der Waals surface area contributed by atoms with E-state index in [-0.39, 0.29) is 12.3 Å². The van der Waals surface area contributed by atoms with Crippen LogP contribution in [0.5, 0.6) is 5.75 Å². The minimum absolute atomic E-state index is 0.0507. The second-order valence-electron chi connectivity index (χ2n) is 6.67. The predicted octanol–water partition coefficient (Wildman–Crippen LogP) is 3.31. The van der Waals surface area contributed by atoms with E-state index in [1.54, 1.807) is 12.3 Å². The molecule has 0 fully saturated rings. The molecule has 1 amide bonds. The van der Waals surface area contributed by atoms with Gasteiger partial charge < -0.3 is 14.5 Å². The third-order valence-electron chi connectivity index (χ3n) is 4.27. The van der Waals surface area contributed by atoms with E-state index in [0.717, 1.165) is 22.2 Å². The molecule has 0 bridgehead atoms. The number of nitrogens with one attached hydrogen (secondary N) is 1. The summed E-state index contributed by atoms with van der Waals surface area (Å²) in [6.45, 7) is 8.18. The quantitative estimate of drug-likeness (QED) is 0.504. The molecule has 1 aromatic carbocycles. The Hall–Kier alpha value is -3.41. The molecule has 0 saturated carbocycles. The zero-order chi connectivity index (χ0) is 20.1. The van der Waals surface area contributed by atoms with Crippen molar-refractivity contribution in [1.29, 1.82) is 0 Å². The van der Waals surface area contributed by atoms with Crippen molar-refractivity contribution in [3.63, 3.8) is 0 Å². The summed E-state index contributed by atoms with van der Waals surface area (Å²) in [5.41, 5.74) is 2.63. The number of hydrogen-bond donors (Lipinski definition) is 1. The number of nitrogens with zero attached hydrogens (tertiary/aromatic N) is 1. The van der Waals surface area contributed by atoms with Crippen molar-refractivity contribution in [3.8, 4) is 5.75 Å². The van der Waals surface area contributed by atoms with Gasteiger partial charge in [0, 0.05) is 17.6 Å². The number of rotatable bonds is 7. The number of amides is 1. The van der Waals surface area contributed by atoms with Gasteiger partial charge >= 0.3 is 5.63 Å². The molecule has 1 N–H and O–H groups in total. The summed E-state index contributed by atoms with van der Waals surface area (Å²) in [4.78, 5) is 28.9. The summed E-state index contributed by atoms with van der Waals surface area (Å²) < 4.78 is 11.0. The molecular formula is C22H22N2O4. The largest absolute Gasteiger partial charge is 0.489 e. The van der Waals surface area contributed by atoms with Crippen molar-refractivity contribution < 1.29 is 13.9 Å². The first-order valence-corrected chi connectivity index (χ1v) is 8.94. The van der Waals surface area contributed by atoms with Gasteiger partial charge in [-0.3, -0.25) is 9.78 Å². The molecule has 0 spiro atoms. The lowest BCUT2D eigenvalue weighted by molar-refractivity contribution is -0.120. The monoisotopic (exact) mass is 378 g/mol. The highest BCUT2D eigenvalue weighted by atomic mass is 16.5. The molecule has 6 nitrogen and oxygen atoms in total. The second-order valence-corrected chi connectivity index (χ2v) is 6.67. The summed E-state index contributed by atoms with van der Waals surface area (Å²) in [6, 6.07) is 10.8. The Morgan fingerprint density at radius 1 is 1.29 bits per heavy atom. The fourth-order valence-corrected chi connectivity index (χ4v) is 2.79. The fraction of sp³-hybridized carbons (Fsp3) is 0.227. The lowest BCUT2D eigenvalue weighted by Crippen LogP contribution is -2.27. The number of hydrogen-bond acceptors (Lipinski definition) is 5. The Morgan fingerprint density at radius 2 is 2.11 bits per heavy atom. The summed E-state index contributed by atoms with van der Waals surface area (Å²) >= 11 is 0. The Kier molecular flexibility index (Phi) is 5.89. The van der Waals surface area contributed by atoms with Crippen LogP contribution in [0.2, 0.25) is 0 Å². The Morgan fingerprint density at radius 3 is 2.82 bits per heavy atom. The molecule has 0 saturated heterocycles. The normalized spacial score (nSPS) is 10.6. The average Bonchev–Trinajstić information content (AvgIpc) is 2.68. The number of aromatic nitrogens is 1. The number of ether oxygens (including phenoxy) is 1. The highest BCUT2D eigenvalue weighted by molar-refractivity contribution is 5.85. The number of benzene rings is 1. The average molecular weight is 378 g/mol. The molecule has 144 valence electrons. The smallest absolute Gasteiger partial charge is 0.340 e. The second kappa shape index (κ2) is 8.52. The molecular weight excluding hydrogens is 356 g/mol. The van der Waals surface area contributed by atoms with Crippen LogP contribution in [-0.2, 0) is 17.8 Å². The zero-order valence-corrected chi connectivity index (χ0v) is 16.0. The van der Waals surface area contributed by atoms with Crippen LogP contribution >= 0.6 is 0 Å². The van der Waals surface area contributed by atoms with Gasteiger partial charge in [0.05, 0.1) is 24.2 Å². The van der Waals surface area contributed by atoms with Gasteiger partial charge in [0.2, 0.25) is 5.91 Å². The molecule has 0 aliphatic rings. The van der Waals surface area contributed by atoms with Crippen LogP contribution in [-0.4, -0.2) is 17.5 Å². The molecule has 0 aliphatic heterocycles. The van der Waals surface area contributed by atoms with Gasteiger partial charge in [0.15, 0.2) is 0 Å². The Labute approximate surface area is 162 Å². The molecule has 3 rings (SSSR count). The maximum Gasteiger partial charge on any atom is 0.340 e. The molecule has 2 heterocycles. The first-order chi connectivity index (χ1) is 13.4. The van der Waals surface area contributed by atoms with Crippen molar-refractivity contribution >= 4 is 16.9 Å². The lowest BCUT2D eigenvalue weighted by atomic mass is 10.0. The van der Waals surface area contributed by atoms with Gasteiger partial charge in [-0.05, 0) is 49.2 Å². The summed E-state index contributed by atoms with van der Waals surface area (Å²) in [7, 11) is 0. The van der Waals surface area contributed by atoms with Crippen molar-refractivity contribution in [1.82, 2.24) is 10.3 Å². The van der Waals surface area contributed by atoms with Crippen LogP contribution in [0.25, 0.3) is 11.0 Å². The van der Waals surface area contributed by atoms with Crippen LogP contribution in [0.3, 0.4) is 0 Å². The summed E-state index contributed by atoms with van der Waals surface area (Å²) in [5.74, 6) is 0.334. The van der Waals surface area contributed by atoms with E-state index < -0.39 is 5.63 Å². The number of pyridine rings is 1. The van der Waals surface area contributed by atoms with E-state index in [4.69, 9.17) is 9.15 Å². The predicted molar refractivity (Wildman–Crippen MR) is 107 cm³/mol. The van der Waals surface area contributed by atoms with Gasteiger partial charge in [-0.15, -0.1) is 0 Å². The van der Waals surface area contributed by atoms with Gasteiger partial charge in [-0.2, -0.15) is 0 Å². The molecule has 0 atom stereocenters. The van der Waals surface area contributed by atoms with E-state index in [9.17, 15) is 9.59 Å². The minimum atomic E-state index is -0.518. The first-order valence-electron chi connectivity index (χ1n) is 8.94. The van der Waals surface area contributed by atoms with Crippen LogP contribution < -0.4 is 15.7 Å². The fourth-order valence-electron chi connectivity index (χ4n) is 2.79. The van der Waals surface area contributed by atoms with Crippen molar-refractivity contribution in [2.24, 2.45) is 0 Å². The minimum Gasteiger partial charge on any atom is -0.489 e. The molecule has 0 aliphatic carbocycles. The molecule has 0 unspecified atom stereocenters. The van der Waals surface area contributed by atoms with Gasteiger partial charge in [0.25, 0.3) is 0 Å². The van der Waals surface area contributed by atoms with Crippen molar-refractivity contribution in [3.05, 3.63) is 82.0 Å². The van der Waals surface area contributed by atoms with Gasteiger partial charge in [-0.1, -0.05) is 12.6 Å². The maximum absolute atomic E-state index is 12.4. The van der Waals surface area contributed by atoms with Crippen LogP contribution in [0, 0.1) is 6.92 Å². The molecule has 6 heteroatoms. The SMILES string of the molecule is C=C(C)COc1ccc2c(C)c(CC(=O)NCc3ccccn3)c(=O)oc2c1. The number of aryl methyl sites for hydroxylation is 1. The van der Waals surface area contributed by atoms with Gasteiger partial charge in [-0.25, -0.2) is 4.79 Å². The van der Waals surface area contributed by atoms with Crippen molar-refractivity contribution in [2.45, 2.75) is 26.8 Å². The van der Waals surface area contributed by atoms with E-state index in [2.05, 4.69) is 16.9 Å². The topological polar surface area (TPSA) is 81.4 Å². The maximum atomic E-state index is 12.4. The molecule has 0 radical (unpaired) electrons. The Bertz CT molecular complexity index is 1070. The Balaban J connectivity index is 1.77. The summed E-state index contributed by atoms with van der Waals surface area (Å²) in [5, 5.41) is 3.55. The van der Waals surface area contributed by atoms with E-state index in [0.29, 0.717) is 30.0 Å². The lowest BCUT2D eigenvalue weighted by Gasteiger charge is -2.10. The van der Waals surface area contributed by atoms with E-state index >= 15 is 0 Å². The highest BCUT2D eigenvalue weighted by Gasteiger charge is 2.15. The molecule has 28 heavy (non-hydrogen) atoms. The third-order valence-corrected chi connectivity index (χ3v) is 4.27. The van der Waals surface area contributed by atoms with Crippen LogP contribution in [0.1, 0.15) is 23.7 Å². The highest BCUT2D eigenvalue weighted by Crippen LogP contribution is 2.24. The first kappa shape index (κ1) is 19.4. The summed E-state index contributed by atoms with van der Waals surface area (Å²) in [6.07, 6.45) is 1.61. The number of carbonyl (C=O) groups excluding carboxylic acids is 1. The van der Waals surface area contributed by atoms with Gasteiger partial charge in [0.1, 0.15) is 17.9 Å². The number of fused-ring (bicyclic) bond motifs is 1. The molecule has 3 aromatic rings. The van der Waals surface area contributed by atoms with Crippen LogP contribution in [0.4, 0.5) is 0 Å². The molecule has 2 aromatic heterocycles. The van der Waals surface area contributed by atoms with E-state index in [1.165, 1.54) is 0 Å². The standard InChI is InChI=1S/C22H22N2O4/c1-14(2)13-27-17-7-8-18-15(3)19(22(26)28-20(18)10-17)11-21(25)24-12-16-6-4-5-9-23-16/h4-10H,1,11-13H2,2-3H3,(H,24,25). The van der Waals surface area contributed by atoms with Crippen LogP contribution in [0.15, 0.2) is 64.0 Å².